The summed E-state index contributed by atoms with van der Waals surface area (Å²) in [4.78, 5) is 33.9. The average Bonchev–Trinajstić information content (AvgIpc) is 3.24. The quantitative estimate of drug-likeness (QED) is 0.722. The van der Waals surface area contributed by atoms with Crippen LogP contribution in [0, 0.1) is 5.92 Å². The number of carbonyl (C=O) groups excluding carboxylic acids is 2. The number of carbonyl (C=O) groups is 2. The van der Waals surface area contributed by atoms with E-state index >= 15 is 0 Å². The van der Waals surface area contributed by atoms with Crippen molar-refractivity contribution in [2.24, 2.45) is 5.92 Å². The number of rotatable bonds is 4. The Morgan fingerprint density at radius 3 is 2.89 bits per heavy atom. The van der Waals surface area contributed by atoms with Crippen LogP contribution in [0.2, 0.25) is 5.02 Å². The van der Waals surface area contributed by atoms with Gasteiger partial charge >= 0.3 is 0 Å². The van der Waals surface area contributed by atoms with Crippen molar-refractivity contribution < 1.29 is 9.59 Å². The molecule has 0 bridgehead atoms. The van der Waals surface area contributed by atoms with Crippen molar-refractivity contribution >= 4 is 40.1 Å². The molecule has 1 aliphatic rings. The Morgan fingerprint density at radius 2 is 2.15 bits per heavy atom. The predicted molar refractivity (Wildman–Crippen MR) is 106 cm³/mol. The summed E-state index contributed by atoms with van der Waals surface area (Å²) in [5.41, 5.74) is 3.09. The van der Waals surface area contributed by atoms with Crippen molar-refractivity contribution in [1.82, 2.24) is 14.9 Å². The number of aromatic amines is 1. The van der Waals surface area contributed by atoms with Crippen LogP contribution in [-0.4, -0.2) is 39.8 Å². The number of likely N-dealkylation sites (tertiary alicyclic amines) is 1. The number of nitrogens with zero attached hydrogens (tertiary/aromatic N) is 2. The van der Waals surface area contributed by atoms with Crippen LogP contribution in [0.3, 0.4) is 0 Å². The van der Waals surface area contributed by atoms with Gasteiger partial charge in [-0.1, -0.05) is 23.7 Å². The number of anilines is 1. The second-order valence-electron chi connectivity index (χ2n) is 6.62. The number of imidazole rings is 1. The molecule has 27 heavy (non-hydrogen) atoms. The summed E-state index contributed by atoms with van der Waals surface area (Å²) in [5, 5.41) is 3.53. The topological polar surface area (TPSA) is 78.1 Å². The van der Waals surface area contributed by atoms with Crippen LogP contribution in [0.15, 0.2) is 42.5 Å². The SMILES string of the molecule is CCN1CC(C(=O)Nc2ccc3nc(-c4ccccc4Cl)[nH]c3c2)CC1=O. The minimum Gasteiger partial charge on any atom is -0.342 e. The fourth-order valence-corrected chi connectivity index (χ4v) is 3.59. The molecule has 2 N–H and O–H groups in total. The normalized spacial score (nSPS) is 16.9. The second-order valence-corrected chi connectivity index (χ2v) is 7.03. The number of hydrogen-bond acceptors (Lipinski definition) is 3. The Hall–Kier alpha value is -2.86. The van der Waals surface area contributed by atoms with Gasteiger partial charge in [0.25, 0.3) is 0 Å². The Morgan fingerprint density at radius 1 is 1.33 bits per heavy atom. The van der Waals surface area contributed by atoms with Gasteiger partial charge in [0.1, 0.15) is 5.82 Å². The summed E-state index contributed by atoms with van der Waals surface area (Å²) in [6, 6.07) is 13.0. The predicted octanol–water partition coefficient (Wildman–Crippen LogP) is 3.69. The van der Waals surface area contributed by atoms with Crippen LogP contribution in [0.4, 0.5) is 5.69 Å². The van der Waals surface area contributed by atoms with E-state index in [1.54, 1.807) is 4.90 Å². The van der Waals surface area contributed by atoms with Crippen LogP contribution in [0.1, 0.15) is 13.3 Å². The monoisotopic (exact) mass is 382 g/mol. The van der Waals surface area contributed by atoms with Crippen LogP contribution in [0.5, 0.6) is 0 Å². The fraction of sp³-hybridized carbons (Fsp3) is 0.250. The van der Waals surface area contributed by atoms with Gasteiger partial charge in [-0.3, -0.25) is 9.59 Å². The van der Waals surface area contributed by atoms with Crippen molar-refractivity contribution in [3.05, 3.63) is 47.5 Å². The van der Waals surface area contributed by atoms with E-state index in [9.17, 15) is 9.59 Å². The molecule has 7 heteroatoms. The average molecular weight is 383 g/mol. The molecule has 2 amide bonds. The number of benzene rings is 2. The van der Waals surface area contributed by atoms with Gasteiger partial charge in [0.05, 0.1) is 22.0 Å². The Labute approximate surface area is 161 Å². The highest BCUT2D eigenvalue weighted by atomic mass is 35.5. The summed E-state index contributed by atoms with van der Waals surface area (Å²) in [6.07, 6.45) is 0.266. The molecule has 0 spiro atoms. The molecule has 3 aromatic rings. The van der Waals surface area contributed by atoms with E-state index in [1.165, 1.54) is 0 Å². The molecule has 1 fully saturated rings. The molecule has 6 nitrogen and oxygen atoms in total. The molecule has 2 aromatic carbocycles. The zero-order valence-electron chi connectivity index (χ0n) is 14.8. The third-order valence-electron chi connectivity index (χ3n) is 4.85. The standard InChI is InChI=1S/C20H19ClN4O2/c1-2-25-11-12(9-18(25)26)20(27)22-13-7-8-16-17(10-13)24-19(23-16)14-5-3-4-6-15(14)21/h3-8,10,12H,2,9,11H2,1H3,(H,22,27)(H,23,24). The molecule has 1 unspecified atom stereocenters. The number of nitrogens with one attached hydrogen (secondary N) is 2. The highest BCUT2D eigenvalue weighted by Crippen LogP contribution is 2.28. The minimum absolute atomic E-state index is 0.0334. The highest BCUT2D eigenvalue weighted by Gasteiger charge is 2.33. The molecule has 1 saturated heterocycles. The van der Waals surface area contributed by atoms with Gasteiger partial charge in [-0.15, -0.1) is 0 Å². The molecule has 0 aliphatic carbocycles. The minimum atomic E-state index is -0.311. The van der Waals surface area contributed by atoms with Gasteiger partial charge in [0.2, 0.25) is 11.8 Å². The first-order chi connectivity index (χ1) is 13.0. The fourth-order valence-electron chi connectivity index (χ4n) is 3.37. The first-order valence-corrected chi connectivity index (χ1v) is 9.26. The number of hydrogen-bond donors (Lipinski definition) is 2. The molecular weight excluding hydrogens is 364 g/mol. The zero-order valence-corrected chi connectivity index (χ0v) is 15.6. The summed E-state index contributed by atoms with van der Waals surface area (Å²) in [7, 11) is 0. The van der Waals surface area contributed by atoms with Crippen LogP contribution < -0.4 is 5.32 Å². The Kier molecular flexibility index (Phi) is 4.58. The first kappa shape index (κ1) is 17.5. The zero-order chi connectivity index (χ0) is 19.0. The maximum atomic E-state index is 12.5. The van der Waals surface area contributed by atoms with E-state index in [2.05, 4.69) is 15.3 Å². The lowest BCUT2D eigenvalue weighted by Gasteiger charge is -2.13. The third kappa shape index (κ3) is 3.40. The van der Waals surface area contributed by atoms with E-state index in [0.717, 1.165) is 16.6 Å². The van der Waals surface area contributed by atoms with Gasteiger partial charge in [0.15, 0.2) is 0 Å². The van der Waals surface area contributed by atoms with Crippen molar-refractivity contribution in [3.63, 3.8) is 0 Å². The number of halogens is 1. The Balaban J connectivity index is 1.55. The Bertz CT molecular complexity index is 1030. The smallest absolute Gasteiger partial charge is 0.229 e. The van der Waals surface area contributed by atoms with E-state index in [4.69, 9.17) is 11.6 Å². The molecular formula is C20H19ClN4O2. The summed E-state index contributed by atoms with van der Waals surface area (Å²) in [6.45, 7) is 3.03. The van der Waals surface area contributed by atoms with E-state index < -0.39 is 0 Å². The van der Waals surface area contributed by atoms with Crippen molar-refractivity contribution in [2.45, 2.75) is 13.3 Å². The molecule has 1 aromatic heterocycles. The molecule has 4 rings (SSSR count). The molecule has 1 atom stereocenters. The number of amides is 2. The lowest BCUT2D eigenvalue weighted by atomic mass is 10.1. The van der Waals surface area contributed by atoms with Gasteiger partial charge < -0.3 is 15.2 Å². The lowest BCUT2D eigenvalue weighted by Crippen LogP contribution is -2.28. The van der Waals surface area contributed by atoms with Crippen molar-refractivity contribution in [1.29, 1.82) is 0 Å². The van der Waals surface area contributed by atoms with E-state index in [0.29, 0.717) is 29.6 Å². The molecule has 1 aliphatic heterocycles. The maximum absolute atomic E-state index is 12.5. The number of H-pyrrole nitrogens is 1. The van der Waals surface area contributed by atoms with Gasteiger partial charge in [-0.2, -0.15) is 0 Å². The van der Waals surface area contributed by atoms with Crippen molar-refractivity contribution in [3.8, 4) is 11.4 Å². The maximum Gasteiger partial charge on any atom is 0.229 e. The van der Waals surface area contributed by atoms with Crippen LogP contribution in [-0.2, 0) is 9.59 Å². The van der Waals surface area contributed by atoms with Gasteiger partial charge in [-0.25, -0.2) is 4.98 Å². The summed E-state index contributed by atoms with van der Waals surface area (Å²) >= 11 is 6.25. The molecule has 0 radical (unpaired) electrons. The lowest BCUT2D eigenvalue weighted by molar-refractivity contribution is -0.128. The third-order valence-corrected chi connectivity index (χ3v) is 5.17. The van der Waals surface area contributed by atoms with E-state index in [1.807, 2.05) is 49.4 Å². The molecule has 138 valence electrons. The van der Waals surface area contributed by atoms with E-state index in [-0.39, 0.29) is 24.2 Å². The summed E-state index contributed by atoms with van der Waals surface area (Å²) in [5.74, 6) is 0.267. The van der Waals surface area contributed by atoms with Gasteiger partial charge in [0, 0.05) is 30.8 Å². The van der Waals surface area contributed by atoms with Crippen LogP contribution >= 0.6 is 11.6 Å². The first-order valence-electron chi connectivity index (χ1n) is 8.88. The second kappa shape index (κ2) is 7.04. The largest absolute Gasteiger partial charge is 0.342 e. The highest BCUT2D eigenvalue weighted by molar-refractivity contribution is 6.33. The number of aromatic nitrogens is 2. The molecule has 2 heterocycles. The summed E-state index contributed by atoms with van der Waals surface area (Å²) < 4.78 is 0. The van der Waals surface area contributed by atoms with Crippen LogP contribution in [0.25, 0.3) is 22.4 Å². The van der Waals surface area contributed by atoms with Gasteiger partial charge in [-0.05, 0) is 37.3 Å². The molecule has 0 saturated carbocycles. The number of fused-ring (bicyclic) bond motifs is 1. The van der Waals surface area contributed by atoms with Crippen molar-refractivity contribution in [2.75, 3.05) is 18.4 Å².